The van der Waals surface area contributed by atoms with Gasteiger partial charge in [-0.2, -0.15) is 0 Å². The molecule has 0 radical (unpaired) electrons. The number of rotatable bonds is 0. The smallest absolute Gasteiger partial charge is 0.130 e. The van der Waals surface area contributed by atoms with E-state index < -0.39 is 0 Å². The van der Waals surface area contributed by atoms with Gasteiger partial charge in [0, 0.05) is 11.5 Å². The van der Waals surface area contributed by atoms with Crippen molar-refractivity contribution in [3.05, 3.63) is 53.1 Å². The number of para-hydroxylation sites is 1. The molecule has 1 heteroatoms. The highest BCUT2D eigenvalue weighted by Gasteiger charge is 2.35. The Morgan fingerprint density at radius 1 is 1.13 bits per heavy atom. The van der Waals surface area contributed by atoms with Crippen molar-refractivity contribution in [2.45, 2.75) is 25.9 Å². The molecule has 0 spiro atoms. The minimum absolute atomic E-state index is 0.228. The third-order valence-electron chi connectivity index (χ3n) is 3.20. The molecular weight excluding hydrogens is 184 g/mol. The van der Waals surface area contributed by atoms with Crippen molar-refractivity contribution in [2.24, 2.45) is 0 Å². The molecule has 3 rings (SSSR count). The molecular formula is C14H14O. The maximum absolute atomic E-state index is 5.96. The van der Waals surface area contributed by atoms with E-state index in [9.17, 15) is 0 Å². The van der Waals surface area contributed by atoms with Gasteiger partial charge in [-0.05, 0) is 25.5 Å². The maximum Gasteiger partial charge on any atom is 0.130 e. The van der Waals surface area contributed by atoms with Gasteiger partial charge in [0.2, 0.25) is 0 Å². The van der Waals surface area contributed by atoms with Crippen LogP contribution >= 0.6 is 0 Å². The van der Waals surface area contributed by atoms with Crippen LogP contribution in [-0.4, -0.2) is 6.10 Å². The second kappa shape index (κ2) is 2.99. The molecule has 0 amide bonds. The van der Waals surface area contributed by atoms with Crippen molar-refractivity contribution in [3.63, 3.8) is 0 Å². The molecule has 1 aromatic rings. The van der Waals surface area contributed by atoms with Gasteiger partial charge < -0.3 is 4.74 Å². The fourth-order valence-electron chi connectivity index (χ4n) is 2.56. The number of fused-ring (bicyclic) bond motifs is 3. The molecule has 0 bridgehead atoms. The predicted molar refractivity (Wildman–Crippen MR) is 61.1 cm³/mol. The molecule has 0 saturated carbocycles. The van der Waals surface area contributed by atoms with Crippen LogP contribution < -0.4 is 4.74 Å². The van der Waals surface area contributed by atoms with Gasteiger partial charge in [-0.25, -0.2) is 0 Å². The lowest BCUT2D eigenvalue weighted by molar-refractivity contribution is 0.255. The van der Waals surface area contributed by atoms with Crippen LogP contribution in [0.3, 0.4) is 0 Å². The molecule has 0 fully saturated rings. The molecule has 2 unspecified atom stereocenters. The number of hydrogen-bond acceptors (Lipinski definition) is 1. The third-order valence-corrected chi connectivity index (χ3v) is 3.20. The first-order chi connectivity index (χ1) is 7.25. The largest absolute Gasteiger partial charge is 0.485 e. The van der Waals surface area contributed by atoms with E-state index in [1.807, 2.05) is 6.07 Å². The average Bonchev–Trinajstić information content (AvgIpc) is 2.57. The van der Waals surface area contributed by atoms with Crippen molar-refractivity contribution in [3.8, 4) is 5.75 Å². The number of benzene rings is 1. The van der Waals surface area contributed by atoms with E-state index in [1.165, 1.54) is 16.7 Å². The van der Waals surface area contributed by atoms with Gasteiger partial charge >= 0.3 is 0 Å². The van der Waals surface area contributed by atoms with Crippen LogP contribution in [0, 0.1) is 0 Å². The first-order valence-corrected chi connectivity index (χ1v) is 5.38. The maximum atomic E-state index is 5.96. The van der Waals surface area contributed by atoms with E-state index in [2.05, 4.69) is 44.2 Å². The molecule has 15 heavy (non-hydrogen) atoms. The van der Waals surface area contributed by atoms with Crippen molar-refractivity contribution in [1.29, 1.82) is 0 Å². The van der Waals surface area contributed by atoms with Gasteiger partial charge in [-0.1, -0.05) is 35.9 Å². The molecule has 0 saturated heterocycles. The summed E-state index contributed by atoms with van der Waals surface area (Å²) in [4.78, 5) is 0. The minimum Gasteiger partial charge on any atom is -0.485 e. The van der Waals surface area contributed by atoms with Crippen LogP contribution in [0.25, 0.3) is 0 Å². The van der Waals surface area contributed by atoms with Gasteiger partial charge in [0.1, 0.15) is 11.9 Å². The topological polar surface area (TPSA) is 9.23 Å². The van der Waals surface area contributed by atoms with E-state index >= 15 is 0 Å². The molecule has 0 N–H and O–H groups in total. The van der Waals surface area contributed by atoms with Crippen molar-refractivity contribution in [1.82, 2.24) is 0 Å². The Morgan fingerprint density at radius 3 is 2.80 bits per heavy atom. The number of ether oxygens (including phenoxy) is 1. The van der Waals surface area contributed by atoms with Gasteiger partial charge in [-0.3, -0.25) is 0 Å². The zero-order chi connectivity index (χ0) is 10.4. The Hall–Kier alpha value is -1.50. The molecule has 1 aromatic carbocycles. The summed E-state index contributed by atoms with van der Waals surface area (Å²) < 4.78 is 5.96. The molecule has 1 nitrogen and oxygen atoms in total. The summed E-state index contributed by atoms with van der Waals surface area (Å²) in [6.45, 7) is 4.31. The van der Waals surface area contributed by atoms with Crippen molar-refractivity contribution in [2.75, 3.05) is 0 Å². The second-order valence-electron chi connectivity index (χ2n) is 4.40. The normalized spacial score (nSPS) is 27.3. The van der Waals surface area contributed by atoms with Crippen molar-refractivity contribution >= 4 is 0 Å². The van der Waals surface area contributed by atoms with Crippen LogP contribution in [-0.2, 0) is 0 Å². The SMILES string of the molecule is CC1=CC2c3ccccc3OC2C(C)=C1. The molecule has 1 heterocycles. The lowest BCUT2D eigenvalue weighted by Crippen LogP contribution is -2.21. The summed E-state index contributed by atoms with van der Waals surface area (Å²) in [7, 11) is 0. The van der Waals surface area contributed by atoms with E-state index in [0.29, 0.717) is 5.92 Å². The summed E-state index contributed by atoms with van der Waals surface area (Å²) in [5, 5.41) is 0. The van der Waals surface area contributed by atoms with Gasteiger partial charge in [0.25, 0.3) is 0 Å². The highest BCUT2D eigenvalue weighted by molar-refractivity contribution is 5.49. The Balaban J connectivity index is 2.12. The molecule has 2 aliphatic rings. The summed E-state index contributed by atoms with van der Waals surface area (Å²) >= 11 is 0. The summed E-state index contributed by atoms with van der Waals surface area (Å²) in [6.07, 6.45) is 4.75. The van der Waals surface area contributed by atoms with E-state index in [4.69, 9.17) is 4.74 Å². The van der Waals surface area contributed by atoms with Gasteiger partial charge in [0.05, 0.1) is 0 Å². The molecule has 76 valence electrons. The Bertz CT molecular complexity index is 468. The highest BCUT2D eigenvalue weighted by atomic mass is 16.5. The fourth-order valence-corrected chi connectivity index (χ4v) is 2.56. The highest BCUT2D eigenvalue weighted by Crippen LogP contribution is 2.43. The van der Waals surface area contributed by atoms with Crippen LogP contribution in [0.5, 0.6) is 5.75 Å². The van der Waals surface area contributed by atoms with Crippen LogP contribution in [0.15, 0.2) is 47.6 Å². The Labute approximate surface area is 90.1 Å². The fraction of sp³-hybridized carbons (Fsp3) is 0.286. The first-order valence-electron chi connectivity index (χ1n) is 5.38. The van der Waals surface area contributed by atoms with Crippen molar-refractivity contribution < 1.29 is 4.74 Å². The zero-order valence-corrected chi connectivity index (χ0v) is 9.03. The zero-order valence-electron chi connectivity index (χ0n) is 9.03. The summed E-state index contributed by atoms with van der Waals surface area (Å²) in [5.74, 6) is 1.47. The minimum atomic E-state index is 0.228. The van der Waals surface area contributed by atoms with E-state index in [1.54, 1.807) is 0 Å². The number of hydrogen-bond donors (Lipinski definition) is 0. The molecule has 1 aliphatic heterocycles. The standard InChI is InChI=1S/C14H14O/c1-9-7-10(2)14-12(8-9)11-5-3-4-6-13(11)15-14/h3-8,12,14H,1-2H3. The quantitative estimate of drug-likeness (QED) is 0.620. The second-order valence-corrected chi connectivity index (χ2v) is 4.40. The van der Waals surface area contributed by atoms with Gasteiger partial charge in [0.15, 0.2) is 0 Å². The van der Waals surface area contributed by atoms with E-state index in [-0.39, 0.29) is 6.10 Å². The molecule has 1 aliphatic carbocycles. The summed E-state index contributed by atoms with van der Waals surface area (Å²) in [6, 6.07) is 8.35. The molecule has 0 aromatic heterocycles. The predicted octanol–water partition coefficient (Wildman–Crippen LogP) is 3.44. The molecule has 2 atom stereocenters. The Morgan fingerprint density at radius 2 is 1.93 bits per heavy atom. The van der Waals surface area contributed by atoms with Gasteiger partial charge in [-0.15, -0.1) is 0 Å². The third kappa shape index (κ3) is 1.23. The van der Waals surface area contributed by atoms with Crippen LogP contribution in [0.2, 0.25) is 0 Å². The Kier molecular flexibility index (Phi) is 1.75. The van der Waals surface area contributed by atoms with Crippen LogP contribution in [0.1, 0.15) is 25.3 Å². The monoisotopic (exact) mass is 198 g/mol. The average molecular weight is 198 g/mol. The number of allylic oxidation sites excluding steroid dienone is 2. The van der Waals surface area contributed by atoms with Crippen LogP contribution in [0.4, 0.5) is 0 Å². The van der Waals surface area contributed by atoms with E-state index in [0.717, 1.165) is 5.75 Å². The summed E-state index contributed by atoms with van der Waals surface area (Å²) in [5.41, 5.74) is 4.00. The first kappa shape index (κ1) is 8.78. The lowest BCUT2D eigenvalue weighted by atomic mass is 9.85. The lowest BCUT2D eigenvalue weighted by Gasteiger charge is -2.21.